The zero-order valence-corrected chi connectivity index (χ0v) is 11.1. The Balaban J connectivity index is 2.61. The van der Waals surface area contributed by atoms with E-state index < -0.39 is 11.7 Å². The topological polar surface area (TPSA) is 37.8 Å². The van der Waals surface area contributed by atoms with Gasteiger partial charge in [-0.3, -0.25) is 0 Å². The van der Waals surface area contributed by atoms with Crippen molar-refractivity contribution < 1.29 is 13.2 Å². The molecular weight excluding hydrogens is 267 g/mol. The normalized spacial score (nSPS) is 11.4. The molecule has 2 rings (SSSR count). The van der Waals surface area contributed by atoms with Crippen molar-refractivity contribution in [2.75, 3.05) is 11.9 Å². The summed E-state index contributed by atoms with van der Waals surface area (Å²) < 4.78 is 39.2. The summed E-state index contributed by atoms with van der Waals surface area (Å²) in [5, 5.41) is 3.01. The summed E-state index contributed by atoms with van der Waals surface area (Å²) in [4.78, 5) is 8.06. The lowest BCUT2D eigenvalue weighted by atomic mass is 10.0. The summed E-state index contributed by atoms with van der Waals surface area (Å²) in [7, 11) is 0. The maximum atomic E-state index is 13.1. The lowest BCUT2D eigenvalue weighted by Gasteiger charge is -2.15. The molecule has 20 heavy (non-hydrogen) atoms. The maximum Gasteiger partial charge on any atom is 0.417 e. The minimum absolute atomic E-state index is 0.0686. The van der Waals surface area contributed by atoms with Crippen LogP contribution in [0.5, 0.6) is 0 Å². The number of benzene rings is 1. The molecule has 1 N–H and O–H groups in total. The predicted octanol–water partition coefficient (Wildman–Crippen LogP) is 3.90. The van der Waals surface area contributed by atoms with Gasteiger partial charge in [0.25, 0.3) is 0 Å². The van der Waals surface area contributed by atoms with E-state index in [0.717, 1.165) is 6.07 Å². The van der Waals surface area contributed by atoms with Gasteiger partial charge in [0.15, 0.2) is 0 Å². The van der Waals surface area contributed by atoms with Crippen molar-refractivity contribution in [1.82, 2.24) is 9.97 Å². The first kappa shape index (κ1) is 14.3. The molecule has 1 heterocycles. The summed E-state index contributed by atoms with van der Waals surface area (Å²) in [6.07, 6.45) is -3.14. The highest BCUT2D eigenvalue weighted by Crippen LogP contribution is 2.37. The first-order chi connectivity index (χ1) is 9.45. The zero-order chi connectivity index (χ0) is 14.8. The molecule has 6 heteroatoms. The molecule has 1 aromatic heterocycles. The van der Waals surface area contributed by atoms with Gasteiger partial charge in [0.1, 0.15) is 12.1 Å². The Morgan fingerprint density at radius 2 is 1.85 bits per heavy atom. The summed E-state index contributed by atoms with van der Waals surface area (Å²) in [6.45, 7) is 4.24. The molecule has 0 bridgehead atoms. The van der Waals surface area contributed by atoms with Crippen LogP contribution in [0.15, 0.2) is 30.6 Å². The first-order valence-electron chi connectivity index (χ1n) is 6.17. The second-order valence-corrected chi connectivity index (χ2v) is 4.27. The zero-order valence-electron chi connectivity index (χ0n) is 11.1. The number of halogens is 3. The van der Waals surface area contributed by atoms with Gasteiger partial charge in [-0.1, -0.05) is 18.2 Å². The second-order valence-electron chi connectivity index (χ2n) is 4.27. The van der Waals surface area contributed by atoms with Crippen molar-refractivity contribution >= 4 is 5.82 Å². The molecule has 0 radical (unpaired) electrons. The van der Waals surface area contributed by atoms with E-state index in [1.165, 1.54) is 18.5 Å². The van der Waals surface area contributed by atoms with Crippen LogP contribution in [-0.4, -0.2) is 16.5 Å². The Bertz CT molecular complexity index is 609. The highest BCUT2D eigenvalue weighted by molar-refractivity contribution is 5.71. The van der Waals surface area contributed by atoms with Crippen LogP contribution in [0.3, 0.4) is 0 Å². The number of nitrogens with one attached hydrogen (secondary N) is 1. The highest BCUT2D eigenvalue weighted by atomic mass is 19.4. The molecule has 0 aliphatic heterocycles. The van der Waals surface area contributed by atoms with E-state index in [4.69, 9.17) is 0 Å². The Morgan fingerprint density at radius 3 is 2.50 bits per heavy atom. The van der Waals surface area contributed by atoms with Crippen LogP contribution in [-0.2, 0) is 6.18 Å². The van der Waals surface area contributed by atoms with Crippen molar-refractivity contribution in [1.29, 1.82) is 0 Å². The van der Waals surface area contributed by atoms with Gasteiger partial charge in [-0.2, -0.15) is 13.2 Å². The van der Waals surface area contributed by atoms with E-state index in [1.807, 2.05) is 6.92 Å². The largest absolute Gasteiger partial charge is 0.417 e. The molecule has 0 fully saturated rings. The molecular formula is C14H14F3N3. The average molecular weight is 281 g/mol. The van der Waals surface area contributed by atoms with Crippen LogP contribution >= 0.6 is 0 Å². The van der Waals surface area contributed by atoms with Crippen LogP contribution in [0.25, 0.3) is 11.3 Å². The molecule has 0 aliphatic carbocycles. The SMILES string of the molecule is CCNc1ncnc(-c2ccccc2C(F)(F)F)c1C. The third-order valence-corrected chi connectivity index (χ3v) is 2.92. The summed E-state index contributed by atoms with van der Waals surface area (Å²) in [6, 6.07) is 5.42. The van der Waals surface area contributed by atoms with Gasteiger partial charge in [0.2, 0.25) is 0 Å². The molecule has 0 unspecified atom stereocenters. The van der Waals surface area contributed by atoms with Gasteiger partial charge in [-0.25, -0.2) is 9.97 Å². The quantitative estimate of drug-likeness (QED) is 0.927. The van der Waals surface area contributed by atoms with Crippen LogP contribution in [0.4, 0.5) is 19.0 Å². The highest BCUT2D eigenvalue weighted by Gasteiger charge is 2.34. The maximum absolute atomic E-state index is 13.1. The number of rotatable bonds is 3. The lowest BCUT2D eigenvalue weighted by Crippen LogP contribution is -2.09. The molecule has 0 saturated heterocycles. The van der Waals surface area contributed by atoms with Gasteiger partial charge in [-0.15, -0.1) is 0 Å². The van der Waals surface area contributed by atoms with Crippen molar-refractivity contribution in [2.24, 2.45) is 0 Å². The first-order valence-corrected chi connectivity index (χ1v) is 6.17. The smallest absolute Gasteiger partial charge is 0.370 e. The summed E-state index contributed by atoms with van der Waals surface area (Å²) in [5.74, 6) is 0.550. The fraction of sp³-hybridized carbons (Fsp3) is 0.286. The van der Waals surface area contributed by atoms with E-state index >= 15 is 0 Å². The van der Waals surface area contributed by atoms with E-state index in [0.29, 0.717) is 23.6 Å². The van der Waals surface area contributed by atoms with Gasteiger partial charge in [-0.05, 0) is 19.9 Å². The minimum Gasteiger partial charge on any atom is -0.370 e. The molecule has 106 valence electrons. The van der Waals surface area contributed by atoms with E-state index in [9.17, 15) is 13.2 Å². The third-order valence-electron chi connectivity index (χ3n) is 2.92. The van der Waals surface area contributed by atoms with Gasteiger partial charge in [0.05, 0.1) is 11.3 Å². The van der Waals surface area contributed by atoms with Crippen LogP contribution in [0.1, 0.15) is 18.1 Å². The van der Waals surface area contributed by atoms with Gasteiger partial charge < -0.3 is 5.32 Å². The number of anilines is 1. The molecule has 0 aliphatic rings. The number of nitrogens with zero attached hydrogens (tertiary/aromatic N) is 2. The standard InChI is InChI=1S/C14H14F3N3/c1-3-18-13-9(2)12(19-8-20-13)10-6-4-5-7-11(10)14(15,16)17/h4-8H,3H2,1-2H3,(H,18,19,20). The minimum atomic E-state index is -4.41. The number of aromatic nitrogens is 2. The molecule has 1 aromatic carbocycles. The molecule has 2 aromatic rings. The van der Waals surface area contributed by atoms with E-state index in [-0.39, 0.29) is 5.56 Å². The number of hydrogen-bond donors (Lipinski definition) is 1. The van der Waals surface area contributed by atoms with E-state index in [2.05, 4.69) is 15.3 Å². The molecule has 3 nitrogen and oxygen atoms in total. The Kier molecular flexibility index (Phi) is 3.92. The van der Waals surface area contributed by atoms with Crippen molar-refractivity contribution in [3.05, 3.63) is 41.7 Å². The van der Waals surface area contributed by atoms with Crippen LogP contribution < -0.4 is 5.32 Å². The number of alkyl halides is 3. The van der Waals surface area contributed by atoms with Gasteiger partial charge >= 0.3 is 6.18 Å². The molecule has 0 atom stereocenters. The van der Waals surface area contributed by atoms with Crippen molar-refractivity contribution in [2.45, 2.75) is 20.0 Å². The Hall–Kier alpha value is -2.11. The lowest BCUT2D eigenvalue weighted by molar-refractivity contribution is -0.137. The monoisotopic (exact) mass is 281 g/mol. The Morgan fingerprint density at radius 1 is 1.15 bits per heavy atom. The molecule has 0 spiro atoms. The predicted molar refractivity (Wildman–Crippen MR) is 71.4 cm³/mol. The molecule has 0 amide bonds. The molecule has 0 saturated carbocycles. The van der Waals surface area contributed by atoms with Crippen LogP contribution in [0, 0.1) is 6.92 Å². The van der Waals surface area contributed by atoms with Gasteiger partial charge in [0, 0.05) is 17.7 Å². The summed E-state index contributed by atoms with van der Waals surface area (Å²) >= 11 is 0. The van der Waals surface area contributed by atoms with Crippen LogP contribution in [0.2, 0.25) is 0 Å². The third kappa shape index (κ3) is 2.74. The van der Waals surface area contributed by atoms with E-state index in [1.54, 1.807) is 13.0 Å². The fourth-order valence-electron chi connectivity index (χ4n) is 2.00. The van der Waals surface area contributed by atoms with Crippen molar-refractivity contribution in [3.8, 4) is 11.3 Å². The fourth-order valence-corrected chi connectivity index (χ4v) is 2.00. The second kappa shape index (κ2) is 5.48. The average Bonchev–Trinajstić information content (AvgIpc) is 2.40. The Labute approximate surface area is 114 Å². The summed E-state index contributed by atoms with van der Waals surface area (Å²) in [5.41, 5.74) is 0.276. The van der Waals surface area contributed by atoms with Crippen molar-refractivity contribution in [3.63, 3.8) is 0 Å². The number of hydrogen-bond acceptors (Lipinski definition) is 3.